The number of fused-ring (bicyclic) bond motifs is 1. The number of methoxy groups -OCH3 is 1. The van der Waals surface area contributed by atoms with E-state index in [0.29, 0.717) is 12.3 Å². The second-order valence-corrected chi connectivity index (χ2v) is 6.33. The van der Waals surface area contributed by atoms with Crippen molar-refractivity contribution >= 4 is 0 Å². The molecule has 1 fully saturated rings. The van der Waals surface area contributed by atoms with Crippen molar-refractivity contribution in [2.75, 3.05) is 13.7 Å². The van der Waals surface area contributed by atoms with E-state index < -0.39 is 0 Å². The van der Waals surface area contributed by atoms with E-state index in [4.69, 9.17) is 10.5 Å². The van der Waals surface area contributed by atoms with Crippen molar-refractivity contribution in [3.8, 4) is 11.5 Å². The predicted molar refractivity (Wildman–Crippen MR) is 80.5 cm³/mol. The molecule has 0 spiro atoms. The maximum atomic E-state index is 10.8. The van der Waals surface area contributed by atoms with Crippen LogP contribution in [0.4, 0.5) is 0 Å². The fourth-order valence-electron chi connectivity index (χ4n) is 4.11. The Bertz CT molecular complexity index is 504. The van der Waals surface area contributed by atoms with Crippen LogP contribution in [-0.4, -0.2) is 18.8 Å². The lowest BCUT2D eigenvalue weighted by Gasteiger charge is -2.32. The zero-order valence-corrected chi connectivity index (χ0v) is 12.4. The lowest BCUT2D eigenvalue weighted by Crippen LogP contribution is -2.32. The van der Waals surface area contributed by atoms with E-state index >= 15 is 0 Å². The number of ether oxygens (including phenoxy) is 1. The molecule has 110 valence electrons. The van der Waals surface area contributed by atoms with Crippen LogP contribution in [0.1, 0.15) is 55.2 Å². The number of benzene rings is 1. The van der Waals surface area contributed by atoms with Crippen LogP contribution < -0.4 is 10.5 Å². The Morgan fingerprint density at radius 3 is 2.40 bits per heavy atom. The van der Waals surface area contributed by atoms with Gasteiger partial charge < -0.3 is 15.6 Å². The van der Waals surface area contributed by atoms with Crippen LogP contribution in [0.3, 0.4) is 0 Å². The second kappa shape index (κ2) is 5.28. The molecule has 1 saturated carbocycles. The molecule has 0 radical (unpaired) electrons. The Balaban J connectivity index is 2.16. The molecule has 1 aromatic carbocycles. The van der Waals surface area contributed by atoms with Gasteiger partial charge >= 0.3 is 0 Å². The van der Waals surface area contributed by atoms with Gasteiger partial charge in [0.05, 0.1) is 7.11 Å². The van der Waals surface area contributed by atoms with Crippen LogP contribution in [-0.2, 0) is 18.3 Å². The Labute approximate surface area is 121 Å². The van der Waals surface area contributed by atoms with Crippen molar-refractivity contribution in [2.24, 2.45) is 5.73 Å². The van der Waals surface area contributed by atoms with E-state index in [1.54, 1.807) is 7.11 Å². The smallest absolute Gasteiger partial charge is 0.123 e. The molecule has 2 aliphatic rings. The lowest BCUT2D eigenvalue weighted by molar-refractivity contribution is 0.378. The molecule has 2 aliphatic carbocycles. The van der Waals surface area contributed by atoms with Crippen LogP contribution in [0, 0.1) is 0 Å². The minimum atomic E-state index is -0.0379. The van der Waals surface area contributed by atoms with Crippen molar-refractivity contribution in [1.29, 1.82) is 0 Å². The van der Waals surface area contributed by atoms with Crippen molar-refractivity contribution in [3.05, 3.63) is 22.8 Å². The zero-order chi connectivity index (χ0) is 14.2. The third-order valence-electron chi connectivity index (χ3n) is 5.32. The molecule has 3 heteroatoms. The molecular formula is C17H25NO2. The minimum Gasteiger partial charge on any atom is -0.507 e. The maximum Gasteiger partial charge on any atom is 0.123 e. The monoisotopic (exact) mass is 275 g/mol. The van der Waals surface area contributed by atoms with Gasteiger partial charge in [-0.1, -0.05) is 12.8 Å². The van der Waals surface area contributed by atoms with Crippen molar-refractivity contribution in [1.82, 2.24) is 0 Å². The fourth-order valence-corrected chi connectivity index (χ4v) is 4.11. The molecule has 1 aromatic rings. The van der Waals surface area contributed by atoms with Gasteiger partial charge in [-0.2, -0.15) is 0 Å². The standard InChI is InChI=1S/C17H25NO2/c1-20-15-10-14(17(11-18)8-4-5-9-17)16(19)13-7-3-2-6-12(13)15/h10,19H,2-9,11,18H2,1H3. The highest BCUT2D eigenvalue weighted by Gasteiger charge is 2.38. The summed E-state index contributed by atoms with van der Waals surface area (Å²) in [5, 5.41) is 10.8. The molecule has 3 rings (SSSR count). The number of aromatic hydroxyl groups is 1. The third kappa shape index (κ3) is 1.99. The quantitative estimate of drug-likeness (QED) is 0.891. The fraction of sp³-hybridized carbons (Fsp3) is 0.647. The first-order valence-corrected chi connectivity index (χ1v) is 7.84. The van der Waals surface area contributed by atoms with E-state index in [-0.39, 0.29) is 5.41 Å². The maximum absolute atomic E-state index is 10.8. The van der Waals surface area contributed by atoms with Gasteiger partial charge in [-0.15, -0.1) is 0 Å². The highest BCUT2D eigenvalue weighted by Crippen LogP contribution is 2.48. The van der Waals surface area contributed by atoms with Gasteiger partial charge in [0.1, 0.15) is 11.5 Å². The first kappa shape index (κ1) is 13.7. The van der Waals surface area contributed by atoms with Crippen molar-refractivity contribution in [2.45, 2.75) is 56.8 Å². The molecule has 0 saturated heterocycles. The number of hydrogen-bond acceptors (Lipinski definition) is 3. The summed E-state index contributed by atoms with van der Waals surface area (Å²) in [7, 11) is 1.73. The first-order chi connectivity index (χ1) is 9.72. The lowest BCUT2D eigenvalue weighted by atomic mass is 9.75. The number of rotatable bonds is 3. The Morgan fingerprint density at radius 2 is 1.80 bits per heavy atom. The largest absolute Gasteiger partial charge is 0.507 e. The molecule has 3 nitrogen and oxygen atoms in total. The Morgan fingerprint density at radius 1 is 1.15 bits per heavy atom. The highest BCUT2D eigenvalue weighted by atomic mass is 16.5. The van der Waals surface area contributed by atoms with E-state index in [2.05, 4.69) is 6.07 Å². The molecule has 0 bridgehead atoms. The number of phenols is 1. The first-order valence-electron chi connectivity index (χ1n) is 7.84. The van der Waals surface area contributed by atoms with Gasteiger partial charge in [-0.3, -0.25) is 0 Å². The van der Waals surface area contributed by atoms with Crippen molar-refractivity contribution in [3.63, 3.8) is 0 Å². The normalized spacial score (nSPS) is 20.7. The topological polar surface area (TPSA) is 55.5 Å². The molecule has 0 aliphatic heterocycles. The van der Waals surface area contributed by atoms with Gasteiger partial charge in [0.2, 0.25) is 0 Å². The van der Waals surface area contributed by atoms with Crippen LogP contribution in [0.15, 0.2) is 6.07 Å². The summed E-state index contributed by atoms with van der Waals surface area (Å²) in [5.41, 5.74) is 9.41. The van der Waals surface area contributed by atoms with Gasteiger partial charge in [0.25, 0.3) is 0 Å². The molecule has 0 heterocycles. The van der Waals surface area contributed by atoms with Crippen LogP contribution >= 0.6 is 0 Å². The van der Waals surface area contributed by atoms with E-state index in [0.717, 1.165) is 49.0 Å². The molecule has 3 N–H and O–H groups in total. The van der Waals surface area contributed by atoms with Crippen LogP contribution in [0.25, 0.3) is 0 Å². The van der Waals surface area contributed by atoms with Crippen LogP contribution in [0.2, 0.25) is 0 Å². The third-order valence-corrected chi connectivity index (χ3v) is 5.32. The molecule has 0 unspecified atom stereocenters. The zero-order valence-electron chi connectivity index (χ0n) is 12.4. The van der Waals surface area contributed by atoms with Gasteiger partial charge in [-0.25, -0.2) is 0 Å². The summed E-state index contributed by atoms with van der Waals surface area (Å²) < 4.78 is 5.61. The molecule has 0 aromatic heterocycles. The molecular weight excluding hydrogens is 250 g/mol. The minimum absolute atomic E-state index is 0.0379. The number of phenolic OH excluding ortho intramolecular Hbond substituents is 1. The second-order valence-electron chi connectivity index (χ2n) is 6.33. The average molecular weight is 275 g/mol. The molecule has 0 amide bonds. The molecule has 0 atom stereocenters. The number of nitrogens with two attached hydrogens (primary N) is 1. The van der Waals surface area contributed by atoms with E-state index in [1.165, 1.54) is 24.8 Å². The predicted octanol–water partition coefficient (Wildman–Crippen LogP) is 3.05. The van der Waals surface area contributed by atoms with Gasteiger partial charge in [0.15, 0.2) is 0 Å². The molecule has 20 heavy (non-hydrogen) atoms. The van der Waals surface area contributed by atoms with E-state index in [9.17, 15) is 5.11 Å². The van der Waals surface area contributed by atoms with E-state index in [1.807, 2.05) is 0 Å². The summed E-state index contributed by atoms with van der Waals surface area (Å²) >= 11 is 0. The summed E-state index contributed by atoms with van der Waals surface area (Å²) in [6.45, 7) is 0.614. The Kier molecular flexibility index (Phi) is 3.63. The number of hydrogen-bond donors (Lipinski definition) is 2. The summed E-state index contributed by atoms with van der Waals surface area (Å²) in [6, 6.07) is 2.07. The van der Waals surface area contributed by atoms with Crippen molar-refractivity contribution < 1.29 is 9.84 Å². The summed E-state index contributed by atoms with van der Waals surface area (Å²) in [4.78, 5) is 0. The Hall–Kier alpha value is -1.22. The summed E-state index contributed by atoms with van der Waals surface area (Å²) in [6.07, 6.45) is 8.89. The summed E-state index contributed by atoms with van der Waals surface area (Å²) in [5.74, 6) is 1.46. The van der Waals surface area contributed by atoms with Gasteiger partial charge in [-0.05, 0) is 44.6 Å². The SMILES string of the molecule is COc1cc(C2(CN)CCCC2)c(O)c2c1CCCC2. The van der Waals surface area contributed by atoms with Gasteiger partial charge in [0, 0.05) is 28.7 Å². The van der Waals surface area contributed by atoms with Crippen LogP contribution in [0.5, 0.6) is 11.5 Å². The highest BCUT2D eigenvalue weighted by molar-refractivity contribution is 5.57. The average Bonchev–Trinajstić information content (AvgIpc) is 2.98.